The first-order chi connectivity index (χ1) is 20.5. The number of fused-ring (bicyclic) bond motifs is 2. The van der Waals surface area contributed by atoms with Crippen LogP contribution in [0.3, 0.4) is 0 Å². The van der Waals surface area contributed by atoms with E-state index in [0.717, 1.165) is 63.7 Å². The van der Waals surface area contributed by atoms with Crippen LogP contribution in [-0.4, -0.2) is 96.8 Å². The highest BCUT2D eigenvalue weighted by atomic mass is 16.5. The Bertz CT molecular complexity index is 1410. The van der Waals surface area contributed by atoms with Gasteiger partial charge in [-0.3, -0.25) is 9.69 Å². The van der Waals surface area contributed by atoms with Crippen LogP contribution in [0.2, 0.25) is 0 Å². The van der Waals surface area contributed by atoms with Crippen molar-refractivity contribution in [2.45, 2.75) is 45.3 Å². The number of rotatable bonds is 8. The van der Waals surface area contributed by atoms with Crippen molar-refractivity contribution in [2.24, 2.45) is 0 Å². The van der Waals surface area contributed by atoms with E-state index in [1.54, 1.807) is 0 Å². The summed E-state index contributed by atoms with van der Waals surface area (Å²) < 4.78 is 11.7. The van der Waals surface area contributed by atoms with Crippen LogP contribution in [0.4, 0.5) is 11.5 Å². The molecule has 2 unspecified atom stereocenters. The fraction of sp³-hybridized carbons (Fsp3) is 0.485. The highest BCUT2D eigenvalue weighted by molar-refractivity contribution is 5.94. The first kappa shape index (κ1) is 28.4. The molecule has 1 aromatic heterocycles. The third kappa shape index (κ3) is 5.94. The Kier molecular flexibility index (Phi) is 8.58. The van der Waals surface area contributed by atoms with Crippen molar-refractivity contribution in [3.05, 3.63) is 66.4 Å². The molecule has 6 rings (SSSR count). The topological polar surface area (TPSA) is 74.3 Å². The molecule has 3 aromatic rings. The van der Waals surface area contributed by atoms with Gasteiger partial charge in [-0.15, -0.1) is 0 Å². The molecule has 0 saturated carbocycles. The minimum atomic E-state index is -0.0191. The van der Waals surface area contributed by atoms with E-state index in [1.807, 2.05) is 4.90 Å². The summed E-state index contributed by atoms with van der Waals surface area (Å²) in [7, 11) is 0. The summed E-state index contributed by atoms with van der Waals surface area (Å²) >= 11 is 0. The quantitative estimate of drug-likeness (QED) is 0.298. The molecule has 2 aromatic carbocycles. The van der Waals surface area contributed by atoms with Gasteiger partial charge in [0.2, 0.25) is 5.91 Å². The average Bonchev–Trinajstić information content (AvgIpc) is 3.02. The molecule has 9 heteroatoms. The van der Waals surface area contributed by atoms with E-state index in [9.17, 15) is 4.79 Å². The zero-order valence-electron chi connectivity index (χ0n) is 24.9. The predicted molar refractivity (Wildman–Crippen MR) is 166 cm³/mol. The van der Waals surface area contributed by atoms with Gasteiger partial charge in [-0.05, 0) is 44.2 Å². The molecule has 0 radical (unpaired) electrons. The second-order valence-corrected chi connectivity index (χ2v) is 11.6. The molecule has 2 saturated heterocycles. The number of anilines is 2. The summed E-state index contributed by atoms with van der Waals surface area (Å²) in [5, 5.41) is 2.49. The third-order valence-corrected chi connectivity index (χ3v) is 8.73. The van der Waals surface area contributed by atoms with Crippen molar-refractivity contribution < 1.29 is 14.3 Å². The molecule has 3 aliphatic rings. The number of carbonyl (C=O) groups excluding carboxylic acids is 1. The van der Waals surface area contributed by atoms with Crippen LogP contribution in [0.1, 0.15) is 31.5 Å². The number of nitrogens with zero attached hydrogens (tertiary/aromatic N) is 6. The number of carbonyl (C=O) groups is 1. The van der Waals surface area contributed by atoms with Crippen LogP contribution in [0.25, 0.3) is 10.8 Å². The lowest BCUT2D eigenvalue weighted by Gasteiger charge is -2.45. The second-order valence-electron chi connectivity index (χ2n) is 11.6. The summed E-state index contributed by atoms with van der Waals surface area (Å²) in [6.45, 7) is 16.0. The summed E-state index contributed by atoms with van der Waals surface area (Å²) in [5.74, 6) is 0.930. The van der Waals surface area contributed by atoms with Crippen LogP contribution in [0.5, 0.6) is 6.01 Å². The number of hydrogen-bond donors (Lipinski definition) is 0. The maximum Gasteiger partial charge on any atom is 0.318 e. The molecule has 0 N–H and O–H groups in total. The Hall–Kier alpha value is -3.69. The molecule has 1 amide bonds. The molecule has 3 aliphatic heterocycles. The van der Waals surface area contributed by atoms with E-state index in [4.69, 9.17) is 19.4 Å². The maximum absolute atomic E-state index is 12.6. The summed E-state index contributed by atoms with van der Waals surface area (Å²) in [6, 6.07) is 15.6. The van der Waals surface area contributed by atoms with Crippen molar-refractivity contribution >= 4 is 28.2 Å². The molecule has 222 valence electrons. The summed E-state index contributed by atoms with van der Waals surface area (Å²) in [4.78, 5) is 31.7. The Balaban J connectivity index is 1.26. The standard InChI is InChI=1S/C33H42N6O3/c1-4-31(40)39-24(2)21-38(22-25(39)3)32-28-13-15-37(30-12-7-10-26-9-5-6-11-27(26)30)23-29(28)34-33(35-32)42-18-8-14-36-16-19-41-20-17-36/h4-7,9-12,24-25H,1,8,13-23H2,2-3H3. The lowest BCUT2D eigenvalue weighted by Crippen LogP contribution is -2.58. The van der Waals surface area contributed by atoms with Crippen molar-refractivity contribution in [1.82, 2.24) is 19.8 Å². The smallest absolute Gasteiger partial charge is 0.318 e. The number of amides is 1. The average molecular weight is 571 g/mol. The fourth-order valence-corrected chi connectivity index (χ4v) is 6.72. The van der Waals surface area contributed by atoms with Crippen molar-refractivity contribution in [3.63, 3.8) is 0 Å². The second kappa shape index (κ2) is 12.7. The van der Waals surface area contributed by atoms with Crippen LogP contribution in [0.15, 0.2) is 55.1 Å². The molecule has 0 bridgehead atoms. The molecule has 0 aliphatic carbocycles. The Morgan fingerprint density at radius 3 is 2.57 bits per heavy atom. The number of morpholine rings is 1. The fourth-order valence-electron chi connectivity index (χ4n) is 6.72. The molecule has 4 heterocycles. The number of hydrogen-bond acceptors (Lipinski definition) is 8. The van der Waals surface area contributed by atoms with Gasteiger partial charge < -0.3 is 24.2 Å². The van der Waals surface area contributed by atoms with Gasteiger partial charge in [-0.25, -0.2) is 0 Å². The molecule has 0 spiro atoms. The molecule has 2 atom stereocenters. The number of piperazine rings is 1. The van der Waals surface area contributed by atoms with Gasteiger partial charge in [0.25, 0.3) is 0 Å². The Morgan fingerprint density at radius 1 is 1.02 bits per heavy atom. The molecule has 9 nitrogen and oxygen atoms in total. The Labute approximate surface area is 248 Å². The van der Waals surface area contributed by atoms with Gasteiger partial charge in [-0.2, -0.15) is 9.97 Å². The maximum atomic E-state index is 12.6. The van der Waals surface area contributed by atoms with Gasteiger partial charge in [-0.1, -0.05) is 43.0 Å². The van der Waals surface area contributed by atoms with Crippen LogP contribution >= 0.6 is 0 Å². The van der Waals surface area contributed by atoms with Gasteiger partial charge in [0.1, 0.15) is 5.82 Å². The van der Waals surface area contributed by atoms with Crippen molar-refractivity contribution in [1.29, 1.82) is 0 Å². The third-order valence-electron chi connectivity index (χ3n) is 8.73. The van der Waals surface area contributed by atoms with Crippen LogP contribution in [-0.2, 0) is 22.5 Å². The molecular weight excluding hydrogens is 528 g/mol. The van der Waals surface area contributed by atoms with Crippen molar-refractivity contribution in [3.8, 4) is 6.01 Å². The summed E-state index contributed by atoms with van der Waals surface area (Å²) in [6.07, 6.45) is 3.17. The minimum absolute atomic E-state index is 0.0191. The SMILES string of the molecule is C=CC(=O)N1C(C)CN(c2nc(OCCCN3CCOCC3)nc3c2CCN(c2cccc4ccccc24)C3)CC1C. The van der Waals surface area contributed by atoms with Crippen LogP contribution in [0, 0.1) is 0 Å². The van der Waals surface area contributed by atoms with E-state index in [2.05, 4.69) is 77.6 Å². The van der Waals surface area contributed by atoms with Crippen molar-refractivity contribution in [2.75, 3.05) is 68.9 Å². The number of ether oxygens (including phenoxy) is 2. The highest BCUT2D eigenvalue weighted by Crippen LogP contribution is 2.35. The van der Waals surface area contributed by atoms with E-state index < -0.39 is 0 Å². The zero-order valence-corrected chi connectivity index (χ0v) is 24.9. The van der Waals surface area contributed by atoms with Gasteiger partial charge in [0.15, 0.2) is 0 Å². The molecule has 42 heavy (non-hydrogen) atoms. The van der Waals surface area contributed by atoms with Gasteiger partial charge in [0, 0.05) is 68.0 Å². The first-order valence-corrected chi connectivity index (χ1v) is 15.3. The first-order valence-electron chi connectivity index (χ1n) is 15.3. The highest BCUT2D eigenvalue weighted by Gasteiger charge is 2.35. The summed E-state index contributed by atoms with van der Waals surface area (Å²) in [5.41, 5.74) is 3.44. The van der Waals surface area contributed by atoms with E-state index >= 15 is 0 Å². The van der Waals surface area contributed by atoms with Gasteiger partial charge >= 0.3 is 6.01 Å². The monoisotopic (exact) mass is 570 g/mol. The lowest BCUT2D eigenvalue weighted by atomic mass is 10.0. The van der Waals surface area contributed by atoms with E-state index in [1.165, 1.54) is 28.1 Å². The Morgan fingerprint density at radius 2 is 1.79 bits per heavy atom. The zero-order chi connectivity index (χ0) is 29.1. The number of aromatic nitrogens is 2. The van der Waals surface area contributed by atoms with E-state index in [0.29, 0.717) is 32.3 Å². The van der Waals surface area contributed by atoms with E-state index in [-0.39, 0.29) is 18.0 Å². The minimum Gasteiger partial charge on any atom is -0.463 e. The molecular formula is C33H42N6O3. The van der Waals surface area contributed by atoms with Gasteiger partial charge in [0.05, 0.1) is 32.1 Å². The lowest BCUT2D eigenvalue weighted by molar-refractivity contribution is -0.130. The predicted octanol–water partition coefficient (Wildman–Crippen LogP) is 3.91. The van der Waals surface area contributed by atoms with Crippen LogP contribution < -0.4 is 14.5 Å². The normalized spacial score (nSPS) is 21.3. The largest absolute Gasteiger partial charge is 0.463 e. The number of benzene rings is 2. The molecule has 2 fully saturated rings.